The van der Waals surface area contributed by atoms with E-state index >= 15 is 0 Å². The number of methoxy groups -OCH3 is 1. The smallest absolute Gasteiger partial charge is 0.317 e. The molecule has 2 atom stereocenters. The number of hydrogen-bond acceptors (Lipinski definition) is 4. The number of nitriles is 1. The summed E-state index contributed by atoms with van der Waals surface area (Å²) < 4.78 is 5.25. The molecular formula is C30H22N2O2. The second kappa shape index (κ2) is 8.80. The molecule has 0 fully saturated rings. The van der Waals surface area contributed by atoms with E-state index in [0.29, 0.717) is 11.3 Å². The van der Waals surface area contributed by atoms with E-state index in [2.05, 4.69) is 6.07 Å². The summed E-state index contributed by atoms with van der Waals surface area (Å²) >= 11 is 0. The lowest BCUT2D eigenvalue weighted by Gasteiger charge is -2.38. The van der Waals surface area contributed by atoms with Crippen molar-refractivity contribution in [3.63, 3.8) is 0 Å². The van der Waals surface area contributed by atoms with Crippen LogP contribution in [0.4, 0.5) is 0 Å². The van der Waals surface area contributed by atoms with Gasteiger partial charge in [-0.3, -0.25) is 9.79 Å². The van der Waals surface area contributed by atoms with Crippen molar-refractivity contribution in [2.75, 3.05) is 7.11 Å². The van der Waals surface area contributed by atoms with Crippen molar-refractivity contribution in [1.82, 2.24) is 0 Å². The zero-order valence-electron chi connectivity index (χ0n) is 18.7. The molecule has 0 heterocycles. The normalized spacial score (nSPS) is 18.1. The van der Waals surface area contributed by atoms with Gasteiger partial charge in [-0.25, -0.2) is 0 Å². The van der Waals surface area contributed by atoms with Crippen LogP contribution in [-0.4, -0.2) is 18.8 Å². The predicted molar refractivity (Wildman–Crippen MR) is 132 cm³/mol. The topological polar surface area (TPSA) is 62.5 Å². The van der Waals surface area contributed by atoms with E-state index in [-0.39, 0.29) is 0 Å². The van der Waals surface area contributed by atoms with Crippen LogP contribution >= 0.6 is 0 Å². The van der Waals surface area contributed by atoms with E-state index in [1.807, 2.05) is 109 Å². The second-order valence-corrected chi connectivity index (χ2v) is 8.16. The maximum Gasteiger partial charge on any atom is 0.317 e. The van der Waals surface area contributed by atoms with Crippen LogP contribution in [0, 0.1) is 11.3 Å². The lowest BCUT2D eigenvalue weighted by Crippen LogP contribution is -2.40. The largest absolute Gasteiger partial charge is 0.468 e. The first-order valence-electron chi connectivity index (χ1n) is 11.1. The summed E-state index contributed by atoms with van der Waals surface area (Å²) in [6.07, 6.45) is 0. The SMILES string of the molecule is COC(=O)[C@@H]1c2ccccc2-c2ccccc2C1(C#N)N=C(c1ccccc1)c1ccccc1. The fourth-order valence-electron chi connectivity index (χ4n) is 4.78. The Morgan fingerprint density at radius 2 is 1.32 bits per heavy atom. The molecule has 1 aliphatic carbocycles. The molecule has 4 aromatic rings. The van der Waals surface area contributed by atoms with Crippen LogP contribution in [-0.2, 0) is 15.1 Å². The first-order valence-corrected chi connectivity index (χ1v) is 11.1. The highest BCUT2D eigenvalue weighted by atomic mass is 16.5. The maximum atomic E-state index is 13.3. The van der Waals surface area contributed by atoms with Crippen molar-refractivity contribution in [1.29, 1.82) is 5.26 Å². The van der Waals surface area contributed by atoms with E-state index in [0.717, 1.165) is 27.8 Å². The highest BCUT2D eigenvalue weighted by molar-refractivity contribution is 6.13. The first kappa shape index (κ1) is 21.4. The quantitative estimate of drug-likeness (QED) is 0.293. The van der Waals surface area contributed by atoms with Crippen molar-refractivity contribution in [2.24, 2.45) is 4.99 Å². The third-order valence-corrected chi connectivity index (χ3v) is 6.31. The molecule has 0 amide bonds. The average molecular weight is 443 g/mol. The van der Waals surface area contributed by atoms with Gasteiger partial charge >= 0.3 is 5.97 Å². The molecule has 4 aromatic carbocycles. The van der Waals surface area contributed by atoms with Crippen molar-refractivity contribution < 1.29 is 9.53 Å². The number of fused-ring (bicyclic) bond motifs is 3. The molecule has 164 valence electrons. The summed E-state index contributed by atoms with van der Waals surface area (Å²) in [5.74, 6) is -1.41. The Balaban J connectivity index is 1.88. The van der Waals surface area contributed by atoms with Gasteiger partial charge in [0.05, 0.1) is 18.9 Å². The Labute approximate surface area is 198 Å². The number of benzene rings is 4. The molecule has 1 unspecified atom stereocenters. The zero-order valence-corrected chi connectivity index (χ0v) is 18.7. The van der Waals surface area contributed by atoms with Gasteiger partial charge in [0, 0.05) is 16.7 Å². The van der Waals surface area contributed by atoms with Gasteiger partial charge in [-0.2, -0.15) is 5.26 Å². The highest BCUT2D eigenvalue weighted by Crippen LogP contribution is 2.52. The summed E-state index contributed by atoms with van der Waals surface area (Å²) in [5, 5.41) is 10.8. The molecule has 1 aliphatic rings. The number of aliphatic imine (C=N–C) groups is 1. The molecular weight excluding hydrogens is 420 g/mol. The summed E-state index contributed by atoms with van der Waals surface area (Å²) in [6, 6.07) is 37.3. The van der Waals surface area contributed by atoms with Crippen LogP contribution in [0.15, 0.2) is 114 Å². The van der Waals surface area contributed by atoms with Crippen molar-refractivity contribution >= 4 is 11.7 Å². The summed E-state index contributed by atoms with van der Waals surface area (Å²) in [4.78, 5) is 18.5. The summed E-state index contributed by atoms with van der Waals surface area (Å²) in [7, 11) is 1.35. The van der Waals surface area contributed by atoms with E-state index in [9.17, 15) is 10.1 Å². The van der Waals surface area contributed by atoms with Crippen LogP contribution in [0.2, 0.25) is 0 Å². The third kappa shape index (κ3) is 3.39. The Morgan fingerprint density at radius 1 is 0.794 bits per heavy atom. The second-order valence-electron chi connectivity index (χ2n) is 8.16. The van der Waals surface area contributed by atoms with E-state index in [4.69, 9.17) is 9.73 Å². The lowest BCUT2D eigenvalue weighted by molar-refractivity contribution is -0.143. The number of ether oxygens (including phenoxy) is 1. The molecule has 0 aliphatic heterocycles. The summed E-state index contributed by atoms with van der Waals surface area (Å²) in [5.41, 5.74) is 4.09. The van der Waals surface area contributed by atoms with Crippen molar-refractivity contribution in [3.05, 3.63) is 131 Å². The average Bonchev–Trinajstić information content (AvgIpc) is 2.92. The van der Waals surface area contributed by atoms with Crippen LogP contribution in [0.1, 0.15) is 28.2 Å². The number of nitrogens with zero attached hydrogens (tertiary/aromatic N) is 2. The van der Waals surface area contributed by atoms with Gasteiger partial charge in [0.25, 0.3) is 0 Å². The molecule has 0 radical (unpaired) electrons. The van der Waals surface area contributed by atoms with E-state index < -0.39 is 17.4 Å². The van der Waals surface area contributed by atoms with E-state index in [1.165, 1.54) is 7.11 Å². The number of esters is 1. The molecule has 0 spiro atoms. The van der Waals surface area contributed by atoms with Gasteiger partial charge in [0.15, 0.2) is 5.54 Å². The molecule has 0 aromatic heterocycles. The van der Waals surface area contributed by atoms with Crippen molar-refractivity contribution in [2.45, 2.75) is 11.5 Å². The Hall–Kier alpha value is -4.49. The highest BCUT2D eigenvalue weighted by Gasteiger charge is 2.52. The summed E-state index contributed by atoms with van der Waals surface area (Å²) in [6.45, 7) is 0. The molecule has 0 N–H and O–H groups in total. The number of carbonyl (C=O) groups is 1. The Morgan fingerprint density at radius 3 is 1.91 bits per heavy atom. The Bertz CT molecular complexity index is 1380. The molecule has 5 rings (SSSR count). The minimum Gasteiger partial charge on any atom is -0.468 e. The molecule has 0 bridgehead atoms. The standard InChI is InChI=1S/C30H22N2O2/c1-34-29(33)27-25-18-9-8-16-23(25)24-17-10-11-19-26(24)30(27,20-31)32-28(21-12-4-2-5-13-21)22-14-6-3-7-15-22/h2-19,27H,1H3/t27-,30?/m0/s1. The first-order chi connectivity index (χ1) is 16.7. The molecule has 0 saturated heterocycles. The molecule has 4 heteroatoms. The molecule has 34 heavy (non-hydrogen) atoms. The fraction of sp³-hybridized carbons (Fsp3) is 0.100. The van der Waals surface area contributed by atoms with Gasteiger partial charge in [0.2, 0.25) is 0 Å². The Kier molecular flexibility index (Phi) is 5.53. The molecule has 4 nitrogen and oxygen atoms in total. The molecule has 0 saturated carbocycles. The van der Waals surface area contributed by atoms with Gasteiger partial charge in [-0.05, 0) is 16.7 Å². The van der Waals surface area contributed by atoms with E-state index in [1.54, 1.807) is 0 Å². The van der Waals surface area contributed by atoms with Gasteiger partial charge in [-0.15, -0.1) is 0 Å². The number of rotatable bonds is 4. The number of carbonyl (C=O) groups excluding carboxylic acids is 1. The van der Waals surface area contributed by atoms with Crippen LogP contribution < -0.4 is 0 Å². The minimum absolute atomic E-state index is 0.493. The predicted octanol–water partition coefficient (Wildman–Crippen LogP) is 5.88. The number of hydrogen-bond donors (Lipinski definition) is 0. The van der Waals surface area contributed by atoms with Crippen LogP contribution in [0.3, 0.4) is 0 Å². The fourth-order valence-corrected chi connectivity index (χ4v) is 4.78. The third-order valence-electron chi connectivity index (χ3n) is 6.31. The maximum absolute atomic E-state index is 13.3. The van der Waals surface area contributed by atoms with Crippen LogP contribution in [0.25, 0.3) is 11.1 Å². The lowest BCUT2D eigenvalue weighted by atomic mass is 9.67. The zero-order chi connectivity index (χ0) is 23.5. The van der Waals surface area contributed by atoms with Crippen molar-refractivity contribution in [3.8, 4) is 17.2 Å². The van der Waals surface area contributed by atoms with Gasteiger partial charge in [-0.1, -0.05) is 109 Å². The minimum atomic E-state index is -1.51. The van der Waals surface area contributed by atoms with Crippen LogP contribution in [0.5, 0.6) is 0 Å². The monoisotopic (exact) mass is 442 g/mol. The van der Waals surface area contributed by atoms with Gasteiger partial charge < -0.3 is 4.74 Å². The van der Waals surface area contributed by atoms with Gasteiger partial charge in [0.1, 0.15) is 5.92 Å².